The smallest absolute Gasteiger partial charge is 0.103 e. The van der Waals surface area contributed by atoms with Crippen molar-refractivity contribution in [2.45, 2.75) is 33.0 Å². The highest BCUT2D eigenvalue weighted by Gasteiger charge is 2.24. The molecule has 40 heavy (non-hydrogen) atoms. The summed E-state index contributed by atoms with van der Waals surface area (Å²) in [5.74, 6) is 0. The van der Waals surface area contributed by atoms with Crippen molar-refractivity contribution in [3.05, 3.63) is 104 Å². The van der Waals surface area contributed by atoms with E-state index < -0.39 is 0 Å². The first-order valence-corrected chi connectivity index (χ1v) is 13.8. The zero-order valence-electron chi connectivity index (χ0n) is 22.1. The number of hydrogen-bond donors (Lipinski definition) is 5. The van der Waals surface area contributed by atoms with Crippen LogP contribution < -0.4 is 27.0 Å². The van der Waals surface area contributed by atoms with Crippen LogP contribution in [0.1, 0.15) is 40.8 Å². The number of nitriles is 1. The minimum Gasteiger partial charge on any atom is -0.373 e. The molecule has 0 radical (unpaired) electrons. The molecule has 5 N–H and O–H groups in total. The van der Waals surface area contributed by atoms with E-state index >= 15 is 0 Å². The van der Waals surface area contributed by atoms with Crippen LogP contribution in [0.5, 0.6) is 0 Å². The van der Waals surface area contributed by atoms with Gasteiger partial charge in [0.25, 0.3) is 0 Å². The van der Waals surface area contributed by atoms with E-state index in [1.54, 1.807) is 0 Å². The molecule has 2 aliphatic heterocycles. The number of benzene rings is 3. The number of hydrogen-bond acceptors (Lipinski definition) is 8. The fourth-order valence-electron chi connectivity index (χ4n) is 5.19. The number of nitrogens with one attached hydrogen (secondary N) is 5. The monoisotopic (exact) mass is 570 g/mol. The number of rotatable bonds is 7. The summed E-state index contributed by atoms with van der Waals surface area (Å²) in [4.78, 5) is 6.92. The van der Waals surface area contributed by atoms with Crippen molar-refractivity contribution in [1.29, 1.82) is 5.26 Å². The van der Waals surface area contributed by atoms with Gasteiger partial charge >= 0.3 is 0 Å². The number of aromatic nitrogens is 1. The molecule has 0 bridgehead atoms. The van der Waals surface area contributed by atoms with E-state index in [2.05, 4.69) is 68.1 Å². The normalized spacial score (nSPS) is 15.1. The standard InChI is InChI=1S/C30H28Cl2N8/c1-3-40-15-19-6-5-18(8-20(19)16-40)29(27-14-35-39-38-27)37-23-9-24-28(36-22-7-4-17(2)25(31)10-22)21(12-33)13-34-30(24)26(32)11-23/h4-11,13-14,29,35,37-39H,3,15-16H2,1-2H3,(H,34,36)/t29-/m0/s1. The van der Waals surface area contributed by atoms with Gasteiger partial charge in [-0.15, -0.1) is 0 Å². The summed E-state index contributed by atoms with van der Waals surface area (Å²) in [6.07, 6.45) is 3.44. The Bertz CT molecular complexity index is 1690. The molecule has 0 aliphatic carbocycles. The topological polar surface area (TPSA) is 100 Å². The third-order valence-electron chi connectivity index (χ3n) is 7.41. The Labute approximate surface area is 242 Å². The number of anilines is 3. The molecule has 10 heteroatoms. The number of nitrogens with zero attached hydrogens (tertiary/aromatic N) is 3. The molecule has 0 saturated heterocycles. The lowest BCUT2D eigenvalue weighted by molar-refractivity contribution is 0.301. The van der Waals surface area contributed by atoms with Crippen LogP contribution in [-0.4, -0.2) is 16.4 Å². The summed E-state index contributed by atoms with van der Waals surface area (Å²) in [7, 11) is 0. The Morgan fingerprint density at radius 1 is 1.05 bits per heavy atom. The summed E-state index contributed by atoms with van der Waals surface area (Å²) in [5, 5.41) is 18.8. The van der Waals surface area contributed by atoms with E-state index in [1.807, 2.05) is 43.5 Å². The quantitative estimate of drug-likeness (QED) is 0.174. The van der Waals surface area contributed by atoms with Gasteiger partial charge in [0, 0.05) is 47.3 Å². The van der Waals surface area contributed by atoms with Gasteiger partial charge in [-0.1, -0.05) is 54.4 Å². The second-order valence-corrected chi connectivity index (χ2v) is 10.8. The molecule has 3 aromatic carbocycles. The van der Waals surface area contributed by atoms with Gasteiger partial charge in [-0.3, -0.25) is 9.88 Å². The Morgan fingerprint density at radius 3 is 2.62 bits per heavy atom. The van der Waals surface area contributed by atoms with Crippen LogP contribution in [0.15, 0.2) is 66.6 Å². The van der Waals surface area contributed by atoms with Crippen LogP contribution in [0.3, 0.4) is 0 Å². The number of hydrazine groups is 2. The Kier molecular flexibility index (Phi) is 7.13. The number of aryl methyl sites for hydroxylation is 1. The fourth-order valence-corrected chi connectivity index (χ4v) is 5.64. The van der Waals surface area contributed by atoms with Gasteiger partial charge in [0.1, 0.15) is 6.07 Å². The van der Waals surface area contributed by atoms with Gasteiger partial charge in [0.15, 0.2) is 0 Å². The maximum absolute atomic E-state index is 9.91. The number of halogens is 2. The van der Waals surface area contributed by atoms with Crippen LogP contribution in [-0.2, 0) is 13.1 Å². The van der Waals surface area contributed by atoms with Crippen molar-refractivity contribution >= 4 is 51.2 Å². The van der Waals surface area contributed by atoms with E-state index in [9.17, 15) is 5.26 Å². The van der Waals surface area contributed by atoms with Crippen molar-refractivity contribution in [3.63, 3.8) is 0 Å². The lowest BCUT2D eigenvalue weighted by Gasteiger charge is -2.23. The molecule has 0 unspecified atom stereocenters. The predicted octanol–water partition coefficient (Wildman–Crippen LogP) is 6.41. The Hall–Kier alpha value is -4.00. The van der Waals surface area contributed by atoms with Crippen LogP contribution in [0, 0.1) is 18.3 Å². The number of fused-ring (bicyclic) bond motifs is 2. The van der Waals surface area contributed by atoms with E-state index in [1.165, 1.54) is 17.3 Å². The molecule has 1 atom stereocenters. The first-order valence-electron chi connectivity index (χ1n) is 13.1. The van der Waals surface area contributed by atoms with Crippen molar-refractivity contribution in [3.8, 4) is 6.07 Å². The second-order valence-electron chi connectivity index (χ2n) is 10.0. The Morgan fingerprint density at radius 2 is 1.88 bits per heavy atom. The highest BCUT2D eigenvalue weighted by Crippen LogP contribution is 2.37. The largest absolute Gasteiger partial charge is 0.373 e. The maximum Gasteiger partial charge on any atom is 0.103 e. The van der Waals surface area contributed by atoms with Gasteiger partial charge in [0.05, 0.1) is 33.5 Å². The summed E-state index contributed by atoms with van der Waals surface area (Å²) < 4.78 is 0. The summed E-state index contributed by atoms with van der Waals surface area (Å²) in [6, 6.07) is 18.3. The molecular formula is C30H28Cl2N8. The van der Waals surface area contributed by atoms with Gasteiger partial charge in [-0.2, -0.15) is 10.8 Å². The summed E-state index contributed by atoms with van der Waals surface area (Å²) >= 11 is 13.2. The first kappa shape index (κ1) is 26.2. The zero-order chi connectivity index (χ0) is 27.8. The van der Waals surface area contributed by atoms with Crippen molar-refractivity contribution < 1.29 is 0 Å². The third-order valence-corrected chi connectivity index (χ3v) is 8.11. The number of pyridine rings is 1. The zero-order valence-corrected chi connectivity index (χ0v) is 23.6. The molecule has 6 rings (SSSR count). The SMILES string of the molecule is CCN1Cc2ccc([C@H](Nc3cc(Cl)c4ncc(C#N)c(Nc5ccc(C)c(Cl)c5)c4c3)C3=CNNN3)cc2C1. The van der Waals surface area contributed by atoms with Gasteiger partial charge in [0.2, 0.25) is 0 Å². The van der Waals surface area contributed by atoms with Crippen LogP contribution in [0.4, 0.5) is 17.1 Å². The molecule has 0 fully saturated rings. The highest BCUT2D eigenvalue weighted by atomic mass is 35.5. The average molecular weight is 572 g/mol. The molecule has 0 spiro atoms. The lowest BCUT2D eigenvalue weighted by Crippen LogP contribution is -2.33. The van der Waals surface area contributed by atoms with Crippen molar-refractivity contribution in [2.75, 3.05) is 17.2 Å². The lowest BCUT2D eigenvalue weighted by atomic mass is 9.98. The predicted molar refractivity (Wildman–Crippen MR) is 161 cm³/mol. The summed E-state index contributed by atoms with van der Waals surface area (Å²) in [5.41, 5.74) is 18.1. The molecule has 0 saturated carbocycles. The fraction of sp³-hybridized carbons (Fsp3) is 0.200. The van der Waals surface area contributed by atoms with Crippen molar-refractivity contribution in [2.24, 2.45) is 0 Å². The molecular weight excluding hydrogens is 543 g/mol. The molecule has 3 heterocycles. The maximum atomic E-state index is 9.91. The minimum absolute atomic E-state index is 0.198. The Balaban J connectivity index is 1.41. The van der Waals surface area contributed by atoms with Crippen LogP contribution in [0.2, 0.25) is 10.0 Å². The minimum atomic E-state index is -0.198. The molecule has 8 nitrogen and oxygen atoms in total. The molecule has 4 aromatic rings. The van der Waals surface area contributed by atoms with E-state index in [-0.39, 0.29) is 6.04 Å². The van der Waals surface area contributed by atoms with E-state index in [0.29, 0.717) is 26.8 Å². The second kappa shape index (κ2) is 10.9. The molecule has 202 valence electrons. The van der Waals surface area contributed by atoms with Gasteiger partial charge < -0.3 is 21.5 Å². The summed E-state index contributed by atoms with van der Waals surface area (Å²) in [6.45, 7) is 7.08. The average Bonchev–Trinajstić information content (AvgIpc) is 3.64. The van der Waals surface area contributed by atoms with E-state index in [4.69, 9.17) is 23.2 Å². The molecule has 0 amide bonds. The third kappa shape index (κ3) is 5.01. The first-order chi connectivity index (χ1) is 19.4. The van der Waals surface area contributed by atoms with Crippen molar-refractivity contribution in [1.82, 2.24) is 26.3 Å². The van der Waals surface area contributed by atoms with Crippen LogP contribution in [0.25, 0.3) is 10.9 Å². The molecule has 2 aliphatic rings. The van der Waals surface area contributed by atoms with Gasteiger partial charge in [-0.25, -0.2) is 0 Å². The molecule has 1 aromatic heterocycles. The van der Waals surface area contributed by atoms with Crippen LogP contribution >= 0.6 is 23.2 Å². The van der Waals surface area contributed by atoms with E-state index in [0.717, 1.165) is 53.2 Å². The van der Waals surface area contributed by atoms with Gasteiger partial charge in [-0.05, 0) is 60.0 Å². The highest BCUT2D eigenvalue weighted by molar-refractivity contribution is 6.36.